The van der Waals surface area contributed by atoms with Crippen LogP contribution in [0.3, 0.4) is 0 Å². The molecule has 4 rings (SSSR count). The van der Waals surface area contributed by atoms with Gasteiger partial charge in [0.2, 0.25) is 0 Å². The Morgan fingerprint density at radius 3 is 2.84 bits per heavy atom. The van der Waals surface area contributed by atoms with E-state index in [0.29, 0.717) is 10.7 Å². The molecule has 0 aliphatic heterocycles. The summed E-state index contributed by atoms with van der Waals surface area (Å²) in [6, 6.07) is 13.5. The van der Waals surface area contributed by atoms with Gasteiger partial charge in [0.15, 0.2) is 5.13 Å². The molecule has 25 heavy (non-hydrogen) atoms. The molecule has 0 fully saturated rings. The molecule has 2 aromatic carbocycles. The molecule has 124 valence electrons. The maximum atomic E-state index is 12.4. The molecule has 5 nitrogen and oxygen atoms in total. The third kappa shape index (κ3) is 3.62. The highest BCUT2D eigenvalue weighted by Crippen LogP contribution is 2.23. The van der Waals surface area contributed by atoms with Gasteiger partial charge >= 0.3 is 0 Å². The second kappa shape index (κ2) is 6.78. The summed E-state index contributed by atoms with van der Waals surface area (Å²) in [6.45, 7) is 0. The Morgan fingerprint density at radius 1 is 1.16 bits per heavy atom. The van der Waals surface area contributed by atoms with Crippen molar-refractivity contribution in [3.8, 4) is 0 Å². The van der Waals surface area contributed by atoms with Crippen LogP contribution >= 0.6 is 27.3 Å². The molecule has 0 atom stereocenters. The number of aromatic amines is 1. The Balaban J connectivity index is 1.46. The second-order valence-electron chi connectivity index (χ2n) is 5.52. The highest BCUT2D eigenvalue weighted by Gasteiger charge is 2.11. The number of hydrogen-bond acceptors (Lipinski definition) is 4. The number of carbonyl (C=O) groups excluding carboxylic acids is 1. The van der Waals surface area contributed by atoms with Gasteiger partial charge in [-0.3, -0.25) is 10.1 Å². The first-order chi connectivity index (χ1) is 12.2. The molecule has 2 aromatic heterocycles. The van der Waals surface area contributed by atoms with Crippen LogP contribution < -0.4 is 5.32 Å². The molecule has 0 radical (unpaired) electrons. The number of benzene rings is 2. The topological polar surface area (TPSA) is 70.7 Å². The van der Waals surface area contributed by atoms with Gasteiger partial charge in [-0.1, -0.05) is 28.1 Å². The van der Waals surface area contributed by atoms with Crippen molar-refractivity contribution < 1.29 is 4.79 Å². The fraction of sp³-hybridized carbons (Fsp3) is 0.0556. The molecule has 0 aliphatic rings. The monoisotopic (exact) mass is 412 g/mol. The standard InChI is InChI=1S/C18H13BrN4OS/c19-13-4-1-11(2-5-13)7-14-9-20-18(25-14)23-17(24)12-3-6-15-16(8-12)22-10-21-15/h1-6,8-10H,7H2,(H,21,22)(H,20,23,24). The number of aromatic nitrogens is 3. The van der Waals surface area contributed by atoms with Crippen LogP contribution in [0.4, 0.5) is 5.13 Å². The predicted molar refractivity (Wildman–Crippen MR) is 103 cm³/mol. The summed E-state index contributed by atoms with van der Waals surface area (Å²) in [5.41, 5.74) is 3.45. The predicted octanol–water partition coefficient (Wildman–Crippen LogP) is 4.63. The minimum Gasteiger partial charge on any atom is -0.345 e. The van der Waals surface area contributed by atoms with Crippen LogP contribution in [0, 0.1) is 0 Å². The molecule has 0 unspecified atom stereocenters. The zero-order valence-electron chi connectivity index (χ0n) is 13.0. The Hall–Kier alpha value is -2.51. The molecule has 0 saturated heterocycles. The first-order valence-corrected chi connectivity index (χ1v) is 9.22. The SMILES string of the molecule is O=C(Nc1ncc(Cc2ccc(Br)cc2)s1)c1ccc2nc[nH]c2c1. The summed E-state index contributed by atoms with van der Waals surface area (Å²) in [7, 11) is 0. The summed E-state index contributed by atoms with van der Waals surface area (Å²) in [5.74, 6) is -0.180. The lowest BCUT2D eigenvalue weighted by molar-refractivity contribution is 0.102. The maximum absolute atomic E-state index is 12.4. The van der Waals surface area contributed by atoms with E-state index in [-0.39, 0.29) is 5.91 Å². The Bertz CT molecular complexity index is 1040. The van der Waals surface area contributed by atoms with Crippen molar-refractivity contribution in [1.82, 2.24) is 15.0 Å². The zero-order chi connectivity index (χ0) is 17.2. The number of hydrogen-bond donors (Lipinski definition) is 2. The van der Waals surface area contributed by atoms with E-state index in [0.717, 1.165) is 26.8 Å². The van der Waals surface area contributed by atoms with Gasteiger partial charge in [-0.25, -0.2) is 9.97 Å². The average molecular weight is 413 g/mol. The van der Waals surface area contributed by atoms with Crippen LogP contribution in [0.25, 0.3) is 11.0 Å². The number of thiazole rings is 1. The van der Waals surface area contributed by atoms with Crippen LogP contribution in [0.15, 0.2) is 59.5 Å². The number of carbonyl (C=O) groups is 1. The van der Waals surface area contributed by atoms with Crippen LogP contribution in [-0.4, -0.2) is 20.9 Å². The van der Waals surface area contributed by atoms with Gasteiger partial charge in [0, 0.05) is 27.5 Å². The van der Waals surface area contributed by atoms with E-state index >= 15 is 0 Å². The highest BCUT2D eigenvalue weighted by molar-refractivity contribution is 9.10. The largest absolute Gasteiger partial charge is 0.345 e. The molecule has 1 amide bonds. The zero-order valence-corrected chi connectivity index (χ0v) is 15.4. The summed E-state index contributed by atoms with van der Waals surface area (Å²) in [5, 5.41) is 3.46. The molecule has 0 saturated carbocycles. The van der Waals surface area contributed by atoms with Crippen molar-refractivity contribution in [1.29, 1.82) is 0 Å². The van der Waals surface area contributed by atoms with Gasteiger partial charge in [0.25, 0.3) is 5.91 Å². The number of fused-ring (bicyclic) bond motifs is 1. The summed E-state index contributed by atoms with van der Waals surface area (Å²) in [6.07, 6.45) is 4.21. The van der Waals surface area contributed by atoms with Gasteiger partial charge < -0.3 is 4.98 Å². The molecular weight excluding hydrogens is 400 g/mol. The molecular formula is C18H13BrN4OS. The number of imidazole rings is 1. The van der Waals surface area contributed by atoms with E-state index in [1.807, 2.05) is 18.2 Å². The van der Waals surface area contributed by atoms with Crippen LogP contribution in [0.1, 0.15) is 20.8 Å². The lowest BCUT2D eigenvalue weighted by Gasteiger charge is -2.01. The lowest BCUT2D eigenvalue weighted by atomic mass is 10.1. The van der Waals surface area contributed by atoms with Crippen molar-refractivity contribution in [3.05, 3.63) is 75.5 Å². The van der Waals surface area contributed by atoms with Crippen molar-refractivity contribution in [2.24, 2.45) is 0 Å². The number of amides is 1. The summed E-state index contributed by atoms with van der Waals surface area (Å²) < 4.78 is 1.06. The molecule has 2 heterocycles. The Kier molecular flexibility index (Phi) is 4.33. The van der Waals surface area contributed by atoms with E-state index in [1.54, 1.807) is 24.7 Å². The van der Waals surface area contributed by atoms with E-state index in [1.165, 1.54) is 16.9 Å². The maximum Gasteiger partial charge on any atom is 0.257 e. The fourth-order valence-corrected chi connectivity index (χ4v) is 3.60. The van der Waals surface area contributed by atoms with Gasteiger partial charge in [-0.05, 0) is 35.9 Å². The number of rotatable bonds is 4. The Morgan fingerprint density at radius 2 is 2.00 bits per heavy atom. The molecule has 0 bridgehead atoms. The molecule has 7 heteroatoms. The molecule has 0 spiro atoms. The lowest BCUT2D eigenvalue weighted by Crippen LogP contribution is -2.11. The first kappa shape index (κ1) is 16.0. The third-order valence-corrected chi connectivity index (χ3v) is 5.19. The van der Waals surface area contributed by atoms with Crippen LogP contribution in [0.5, 0.6) is 0 Å². The minimum atomic E-state index is -0.180. The summed E-state index contributed by atoms with van der Waals surface area (Å²) >= 11 is 4.92. The number of anilines is 1. The minimum absolute atomic E-state index is 0.180. The van der Waals surface area contributed by atoms with E-state index in [9.17, 15) is 4.79 Å². The smallest absolute Gasteiger partial charge is 0.257 e. The molecule has 0 aliphatic carbocycles. The number of nitrogens with zero attached hydrogens (tertiary/aromatic N) is 2. The van der Waals surface area contributed by atoms with Crippen LogP contribution in [0.2, 0.25) is 0 Å². The van der Waals surface area contributed by atoms with Crippen molar-refractivity contribution in [2.45, 2.75) is 6.42 Å². The highest BCUT2D eigenvalue weighted by atomic mass is 79.9. The first-order valence-electron chi connectivity index (χ1n) is 7.61. The van der Waals surface area contributed by atoms with Crippen molar-refractivity contribution in [3.63, 3.8) is 0 Å². The Labute approximate surface area is 156 Å². The molecule has 2 N–H and O–H groups in total. The van der Waals surface area contributed by atoms with Gasteiger partial charge in [0.05, 0.1) is 17.4 Å². The van der Waals surface area contributed by atoms with Crippen molar-refractivity contribution >= 4 is 49.3 Å². The van der Waals surface area contributed by atoms with E-state index in [4.69, 9.17) is 0 Å². The van der Waals surface area contributed by atoms with Crippen molar-refractivity contribution in [2.75, 3.05) is 5.32 Å². The third-order valence-electron chi connectivity index (χ3n) is 3.75. The number of nitrogens with one attached hydrogen (secondary N) is 2. The average Bonchev–Trinajstić information content (AvgIpc) is 3.25. The van der Waals surface area contributed by atoms with Gasteiger partial charge in [0.1, 0.15) is 0 Å². The number of halogens is 1. The summed E-state index contributed by atoms with van der Waals surface area (Å²) in [4.78, 5) is 25.0. The number of H-pyrrole nitrogens is 1. The normalized spacial score (nSPS) is 10.9. The second-order valence-corrected chi connectivity index (χ2v) is 7.55. The van der Waals surface area contributed by atoms with Gasteiger partial charge in [-0.15, -0.1) is 11.3 Å². The van der Waals surface area contributed by atoms with Crippen LogP contribution in [-0.2, 0) is 6.42 Å². The van der Waals surface area contributed by atoms with Gasteiger partial charge in [-0.2, -0.15) is 0 Å². The molecule has 4 aromatic rings. The fourth-order valence-electron chi connectivity index (χ4n) is 2.50. The van der Waals surface area contributed by atoms with E-state index < -0.39 is 0 Å². The quantitative estimate of drug-likeness (QED) is 0.513. The van der Waals surface area contributed by atoms with E-state index in [2.05, 4.69) is 48.3 Å².